The first-order valence-corrected chi connectivity index (χ1v) is 4.29. The summed E-state index contributed by atoms with van der Waals surface area (Å²) in [4.78, 5) is 14.7. The number of carboxylic acid groups (broad SMARTS) is 1. The maximum absolute atomic E-state index is 10.8. The van der Waals surface area contributed by atoms with Crippen molar-refractivity contribution in [1.82, 2.24) is 14.6 Å². The van der Waals surface area contributed by atoms with Crippen molar-refractivity contribution in [2.24, 2.45) is 0 Å². The van der Waals surface area contributed by atoms with E-state index in [0.717, 1.165) is 12.1 Å². The van der Waals surface area contributed by atoms with Crippen LogP contribution in [0.25, 0.3) is 5.65 Å². The van der Waals surface area contributed by atoms with E-state index in [1.165, 1.54) is 10.7 Å². The van der Waals surface area contributed by atoms with Crippen molar-refractivity contribution in [3.05, 3.63) is 29.7 Å². The number of fused-ring (bicyclic) bond motifs is 1. The Morgan fingerprint density at radius 1 is 1.57 bits per heavy atom. The molecule has 0 aliphatic heterocycles. The summed E-state index contributed by atoms with van der Waals surface area (Å²) in [6, 6.07) is 3.60. The van der Waals surface area contributed by atoms with E-state index >= 15 is 0 Å². The second kappa shape index (κ2) is 3.10. The molecule has 2 heterocycles. The van der Waals surface area contributed by atoms with E-state index in [1.54, 1.807) is 6.07 Å². The number of hydrogen-bond donors (Lipinski definition) is 1. The molecular formula is C9H9N3O2. The topological polar surface area (TPSA) is 67.5 Å². The second-order valence-electron chi connectivity index (χ2n) is 2.90. The van der Waals surface area contributed by atoms with Crippen LogP contribution in [0.2, 0.25) is 0 Å². The van der Waals surface area contributed by atoms with Gasteiger partial charge in [-0.25, -0.2) is 14.3 Å². The summed E-state index contributed by atoms with van der Waals surface area (Å²) in [5.74, 6) is -1.02. The molecule has 2 aromatic rings. The number of carboxylic acids is 1. The van der Waals surface area contributed by atoms with Gasteiger partial charge in [0.2, 0.25) is 0 Å². The van der Waals surface area contributed by atoms with E-state index in [1.807, 2.05) is 13.0 Å². The second-order valence-corrected chi connectivity index (χ2v) is 2.90. The average Bonchev–Trinajstić information content (AvgIpc) is 2.59. The fraction of sp³-hybridized carbons (Fsp3) is 0.222. The van der Waals surface area contributed by atoms with Crippen molar-refractivity contribution in [3.63, 3.8) is 0 Å². The van der Waals surface area contributed by atoms with Gasteiger partial charge in [0, 0.05) is 0 Å². The van der Waals surface area contributed by atoms with Crippen LogP contribution in [0.1, 0.15) is 23.1 Å². The first kappa shape index (κ1) is 8.68. The van der Waals surface area contributed by atoms with Crippen molar-refractivity contribution < 1.29 is 9.90 Å². The number of aryl methyl sites for hydroxylation is 1. The fourth-order valence-corrected chi connectivity index (χ4v) is 1.25. The van der Waals surface area contributed by atoms with Crippen LogP contribution in [-0.4, -0.2) is 25.7 Å². The predicted molar refractivity (Wildman–Crippen MR) is 49.3 cm³/mol. The zero-order valence-electron chi connectivity index (χ0n) is 7.64. The van der Waals surface area contributed by atoms with Crippen molar-refractivity contribution in [2.45, 2.75) is 13.3 Å². The third-order valence-corrected chi connectivity index (χ3v) is 2.00. The molecule has 0 bridgehead atoms. The minimum absolute atomic E-state index is 0.0929. The van der Waals surface area contributed by atoms with Crippen LogP contribution in [-0.2, 0) is 6.42 Å². The molecule has 2 aromatic heterocycles. The van der Waals surface area contributed by atoms with Gasteiger partial charge in [-0.15, -0.1) is 0 Å². The highest BCUT2D eigenvalue weighted by Gasteiger charge is 2.11. The van der Waals surface area contributed by atoms with Crippen molar-refractivity contribution >= 4 is 11.6 Å². The van der Waals surface area contributed by atoms with Gasteiger partial charge >= 0.3 is 5.97 Å². The SMILES string of the molecule is CCc1ccc2ncc(C(=O)O)n2n1. The van der Waals surface area contributed by atoms with E-state index in [0.29, 0.717) is 5.65 Å². The Morgan fingerprint density at radius 3 is 3.00 bits per heavy atom. The van der Waals surface area contributed by atoms with Crippen LogP contribution >= 0.6 is 0 Å². The van der Waals surface area contributed by atoms with E-state index < -0.39 is 5.97 Å². The molecule has 0 radical (unpaired) electrons. The smallest absolute Gasteiger partial charge is 0.356 e. The van der Waals surface area contributed by atoms with Crippen LogP contribution in [0.4, 0.5) is 0 Å². The number of aromatic carboxylic acids is 1. The van der Waals surface area contributed by atoms with Gasteiger partial charge in [-0.2, -0.15) is 5.10 Å². The van der Waals surface area contributed by atoms with Crippen LogP contribution in [0.5, 0.6) is 0 Å². The lowest BCUT2D eigenvalue weighted by Gasteiger charge is -1.98. The van der Waals surface area contributed by atoms with Gasteiger partial charge in [-0.3, -0.25) is 0 Å². The quantitative estimate of drug-likeness (QED) is 0.768. The molecule has 5 heteroatoms. The maximum atomic E-state index is 10.8. The molecule has 0 spiro atoms. The molecule has 5 nitrogen and oxygen atoms in total. The molecule has 0 unspecified atom stereocenters. The minimum atomic E-state index is -1.02. The molecule has 0 amide bonds. The fourth-order valence-electron chi connectivity index (χ4n) is 1.25. The van der Waals surface area contributed by atoms with E-state index in [-0.39, 0.29) is 5.69 Å². The lowest BCUT2D eigenvalue weighted by Crippen LogP contribution is -2.05. The van der Waals surface area contributed by atoms with Gasteiger partial charge in [-0.1, -0.05) is 6.92 Å². The standard InChI is InChI=1S/C9H9N3O2/c1-2-6-3-4-8-10-5-7(9(13)14)12(8)11-6/h3-5H,2H2,1H3,(H,13,14). The van der Waals surface area contributed by atoms with Crippen molar-refractivity contribution in [3.8, 4) is 0 Å². The third kappa shape index (κ3) is 1.22. The normalized spacial score (nSPS) is 10.6. The molecule has 0 saturated heterocycles. The van der Waals surface area contributed by atoms with E-state index in [9.17, 15) is 4.79 Å². The molecule has 1 N–H and O–H groups in total. The Hall–Kier alpha value is -1.91. The van der Waals surface area contributed by atoms with Crippen LogP contribution in [0.3, 0.4) is 0 Å². The third-order valence-electron chi connectivity index (χ3n) is 2.00. The highest BCUT2D eigenvalue weighted by molar-refractivity contribution is 5.86. The first-order chi connectivity index (χ1) is 6.72. The van der Waals surface area contributed by atoms with Gasteiger partial charge in [0.25, 0.3) is 0 Å². The monoisotopic (exact) mass is 191 g/mol. The number of aromatic nitrogens is 3. The summed E-state index contributed by atoms with van der Waals surface area (Å²) in [5.41, 5.74) is 1.49. The Bertz CT molecular complexity index is 490. The highest BCUT2D eigenvalue weighted by Crippen LogP contribution is 2.06. The average molecular weight is 191 g/mol. The van der Waals surface area contributed by atoms with Gasteiger partial charge in [0.05, 0.1) is 11.9 Å². The predicted octanol–water partition coefficient (Wildman–Crippen LogP) is 0.990. The lowest BCUT2D eigenvalue weighted by atomic mass is 10.3. The van der Waals surface area contributed by atoms with Crippen LogP contribution in [0, 0.1) is 0 Å². The Labute approximate surface area is 80.0 Å². The number of carbonyl (C=O) groups is 1. The zero-order chi connectivity index (χ0) is 10.1. The van der Waals surface area contributed by atoms with Crippen molar-refractivity contribution in [2.75, 3.05) is 0 Å². The molecule has 72 valence electrons. The molecule has 2 rings (SSSR count). The molecule has 0 saturated carbocycles. The molecule has 0 aromatic carbocycles. The summed E-state index contributed by atoms with van der Waals surface area (Å²) in [7, 11) is 0. The van der Waals surface area contributed by atoms with Gasteiger partial charge < -0.3 is 5.11 Å². The van der Waals surface area contributed by atoms with Crippen LogP contribution in [0.15, 0.2) is 18.3 Å². The molecule has 0 aliphatic carbocycles. The van der Waals surface area contributed by atoms with Crippen LogP contribution < -0.4 is 0 Å². The van der Waals surface area contributed by atoms with Gasteiger partial charge in [0.1, 0.15) is 0 Å². The molecule has 0 atom stereocenters. The zero-order valence-corrected chi connectivity index (χ0v) is 7.64. The first-order valence-electron chi connectivity index (χ1n) is 4.29. The highest BCUT2D eigenvalue weighted by atomic mass is 16.4. The largest absolute Gasteiger partial charge is 0.476 e. The van der Waals surface area contributed by atoms with Gasteiger partial charge in [-0.05, 0) is 18.6 Å². The number of nitrogens with zero attached hydrogens (tertiary/aromatic N) is 3. The Morgan fingerprint density at radius 2 is 2.36 bits per heavy atom. The minimum Gasteiger partial charge on any atom is -0.476 e. The Balaban J connectivity index is 2.69. The summed E-state index contributed by atoms with van der Waals surface area (Å²) >= 11 is 0. The van der Waals surface area contributed by atoms with E-state index in [2.05, 4.69) is 10.1 Å². The van der Waals surface area contributed by atoms with E-state index in [4.69, 9.17) is 5.11 Å². The Kier molecular flexibility index (Phi) is 1.92. The molecule has 0 fully saturated rings. The summed E-state index contributed by atoms with van der Waals surface area (Å²) in [6.45, 7) is 1.96. The van der Waals surface area contributed by atoms with Crippen molar-refractivity contribution in [1.29, 1.82) is 0 Å². The number of imidazole rings is 1. The number of hydrogen-bond acceptors (Lipinski definition) is 3. The van der Waals surface area contributed by atoms with Gasteiger partial charge in [0.15, 0.2) is 11.3 Å². The maximum Gasteiger partial charge on any atom is 0.356 e. The summed E-state index contributed by atoms with van der Waals surface area (Å²) < 4.78 is 1.35. The number of rotatable bonds is 2. The summed E-state index contributed by atoms with van der Waals surface area (Å²) in [6.07, 6.45) is 2.08. The molecule has 0 aliphatic rings. The molecular weight excluding hydrogens is 182 g/mol. The molecule has 14 heavy (non-hydrogen) atoms. The summed E-state index contributed by atoms with van der Waals surface area (Å²) in [5, 5.41) is 13.0. The lowest BCUT2D eigenvalue weighted by molar-refractivity contribution is 0.0688.